The van der Waals surface area contributed by atoms with Crippen LogP contribution in [-0.4, -0.2) is 29.5 Å². The van der Waals surface area contributed by atoms with Crippen LogP contribution in [0, 0.1) is 0 Å². The van der Waals surface area contributed by atoms with Crippen LogP contribution in [0.3, 0.4) is 0 Å². The van der Waals surface area contributed by atoms with E-state index in [1.807, 2.05) is 54.6 Å². The van der Waals surface area contributed by atoms with Gasteiger partial charge in [0.15, 0.2) is 0 Å². The number of benzene rings is 2. The number of rotatable bonds is 7. The van der Waals surface area contributed by atoms with Gasteiger partial charge in [0.1, 0.15) is 23.6 Å². The van der Waals surface area contributed by atoms with Crippen molar-refractivity contribution < 1.29 is 9.53 Å². The first kappa shape index (κ1) is 17.4. The Morgan fingerprint density at radius 1 is 1.04 bits per heavy atom. The van der Waals surface area contributed by atoms with Gasteiger partial charge in [-0.15, -0.1) is 0 Å². The van der Waals surface area contributed by atoms with E-state index in [9.17, 15) is 4.79 Å². The lowest BCUT2D eigenvalue weighted by Gasteiger charge is -2.09. The summed E-state index contributed by atoms with van der Waals surface area (Å²) in [5.74, 6) is 1.06. The summed E-state index contributed by atoms with van der Waals surface area (Å²) in [6.45, 7) is 0.547. The summed E-state index contributed by atoms with van der Waals surface area (Å²) in [5.41, 5.74) is 2.31. The van der Waals surface area contributed by atoms with E-state index in [1.165, 1.54) is 11.9 Å². The van der Waals surface area contributed by atoms with Gasteiger partial charge >= 0.3 is 0 Å². The molecular formula is C20H20N4O2. The Kier molecular flexibility index (Phi) is 5.77. The second-order valence-corrected chi connectivity index (χ2v) is 5.64. The summed E-state index contributed by atoms with van der Waals surface area (Å²) in [5, 5.41) is 6.02. The van der Waals surface area contributed by atoms with Crippen LogP contribution in [0.2, 0.25) is 0 Å². The van der Waals surface area contributed by atoms with Crippen LogP contribution in [0.25, 0.3) is 0 Å². The molecule has 0 spiro atoms. The molecule has 132 valence electrons. The maximum atomic E-state index is 12.3. The molecule has 1 amide bonds. The SMILES string of the molecule is COc1cccc(Nc2cc(C(=O)NCCc3ccccc3)ncn2)c1. The van der Waals surface area contributed by atoms with Gasteiger partial charge in [-0.05, 0) is 24.1 Å². The number of nitrogens with zero attached hydrogens (tertiary/aromatic N) is 2. The molecule has 6 nitrogen and oxygen atoms in total. The maximum Gasteiger partial charge on any atom is 0.270 e. The van der Waals surface area contributed by atoms with E-state index in [1.54, 1.807) is 13.2 Å². The average molecular weight is 348 g/mol. The van der Waals surface area contributed by atoms with Gasteiger partial charge in [-0.25, -0.2) is 9.97 Å². The highest BCUT2D eigenvalue weighted by molar-refractivity contribution is 5.92. The summed E-state index contributed by atoms with van der Waals surface area (Å²) in [7, 11) is 1.61. The lowest BCUT2D eigenvalue weighted by Crippen LogP contribution is -2.26. The number of carbonyl (C=O) groups is 1. The zero-order chi connectivity index (χ0) is 18.2. The van der Waals surface area contributed by atoms with Crippen LogP contribution in [0.15, 0.2) is 67.0 Å². The monoisotopic (exact) mass is 348 g/mol. The topological polar surface area (TPSA) is 76.1 Å². The number of nitrogens with one attached hydrogen (secondary N) is 2. The van der Waals surface area contributed by atoms with E-state index in [4.69, 9.17) is 4.74 Å². The number of hydrogen-bond acceptors (Lipinski definition) is 5. The summed E-state index contributed by atoms with van der Waals surface area (Å²) >= 11 is 0. The Morgan fingerprint density at radius 3 is 2.69 bits per heavy atom. The van der Waals surface area contributed by atoms with Crippen LogP contribution in [0.5, 0.6) is 5.75 Å². The van der Waals surface area contributed by atoms with Crippen LogP contribution < -0.4 is 15.4 Å². The van der Waals surface area contributed by atoms with Gasteiger partial charge in [0.25, 0.3) is 5.91 Å². The number of hydrogen-bond donors (Lipinski definition) is 2. The fourth-order valence-corrected chi connectivity index (χ4v) is 2.45. The van der Waals surface area contributed by atoms with Gasteiger partial charge in [-0.1, -0.05) is 36.4 Å². The third-order valence-corrected chi connectivity index (χ3v) is 3.78. The van der Waals surface area contributed by atoms with E-state index < -0.39 is 0 Å². The van der Waals surface area contributed by atoms with Crippen molar-refractivity contribution >= 4 is 17.4 Å². The number of methoxy groups -OCH3 is 1. The number of carbonyl (C=O) groups excluding carboxylic acids is 1. The second-order valence-electron chi connectivity index (χ2n) is 5.64. The zero-order valence-corrected chi connectivity index (χ0v) is 14.5. The second kappa shape index (κ2) is 8.62. The molecule has 0 atom stereocenters. The molecule has 0 radical (unpaired) electrons. The van der Waals surface area contributed by atoms with Crippen LogP contribution in [0.1, 0.15) is 16.1 Å². The first-order valence-electron chi connectivity index (χ1n) is 8.30. The Hall–Kier alpha value is -3.41. The minimum atomic E-state index is -0.225. The van der Waals surface area contributed by atoms with Gasteiger partial charge in [0.2, 0.25) is 0 Å². The molecule has 0 bridgehead atoms. The van der Waals surface area contributed by atoms with Gasteiger partial charge in [-0.3, -0.25) is 4.79 Å². The smallest absolute Gasteiger partial charge is 0.270 e. The van der Waals surface area contributed by atoms with Crippen molar-refractivity contribution in [2.24, 2.45) is 0 Å². The molecule has 0 unspecified atom stereocenters. The molecule has 1 heterocycles. The van der Waals surface area contributed by atoms with E-state index in [0.29, 0.717) is 18.1 Å². The molecule has 2 N–H and O–H groups in total. The third-order valence-electron chi connectivity index (χ3n) is 3.78. The van der Waals surface area contributed by atoms with Crippen LogP contribution in [-0.2, 0) is 6.42 Å². The molecule has 6 heteroatoms. The maximum absolute atomic E-state index is 12.3. The Morgan fingerprint density at radius 2 is 1.88 bits per heavy atom. The minimum absolute atomic E-state index is 0.225. The van der Waals surface area contributed by atoms with Gasteiger partial charge in [0.05, 0.1) is 7.11 Å². The van der Waals surface area contributed by atoms with Crippen molar-refractivity contribution in [1.82, 2.24) is 15.3 Å². The number of amides is 1. The standard InChI is InChI=1S/C20H20N4O2/c1-26-17-9-5-8-16(12-17)24-19-13-18(22-14-23-19)20(25)21-11-10-15-6-3-2-4-7-15/h2-9,12-14H,10-11H2,1H3,(H,21,25)(H,22,23,24). The van der Waals surface area contributed by atoms with Crippen molar-refractivity contribution in [3.05, 3.63) is 78.2 Å². The highest BCUT2D eigenvalue weighted by Crippen LogP contribution is 2.20. The van der Waals surface area contributed by atoms with Gasteiger partial charge in [-0.2, -0.15) is 0 Å². The van der Waals surface area contributed by atoms with Crippen LogP contribution >= 0.6 is 0 Å². The van der Waals surface area contributed by atoms with E-state index >= 15 is 0 Å². The fourth-order valence-electron chi connectivity index (χ4n) is 2.45. The molecule has 2 aromatic carbocycles. The molecule has 1 aromatic heterocycles. The largest absolute Gasteiger partial charge is 0.497 e. The molecule has 0 aliphatic rings. The number of anilines is 2. The molecular weight excluding hydrogens is 328 g/mol. The molecule has 3 rings (SSSR count). The summed E-state index contributed by atoms with van der Waals surface area (Å²) in [6, 6.07) is 19.1. The Balaban J connectivity index is 1.60. The molecule has 3 aromatic rings. The zero-order valence-electron chi connectivity index (χ0n) is 14.5. The van der Waals surface area contributed by atoms with Crippen molar-refractivity contribution in [2.45, 2.75) is 6.42 Å². The molecule has 0 saturated heterocycles. The van der Waals surface area contributed by atoms with Crippen molar-refractivity contribution in [3.8, 4) is 5.75 Å². The van der Waals surface area contributed by atoms with E-state index in [2.05, 4.69) is 20.6 Å². The molecule has 0 saturated carbocycles. The highest BCUT2D eigenvalue weighted by Gasteiger charge is 2.08. The lowest BCUT2D eigenvalue weighted by atomic mass is 10.1. The summed E-state index contributed by atoms with van der Waals surface area (Å²) < 4.78 is 5.20. The van der Waals surface area contributed by atoms with Crippen molar-refractivity contribution in [2.75, 3.05) is 19.0 Å². The molecule has 26 heavy (non-hydrogen) atoms. The average Bonchev–Trinajstić information content (AvgIpc) is 2.69. The Labute approximate surface area is 152 Å². The minimum Gasteiger partial charge on any atom is -0.497 e. The summed E-state index contributed by atoms with van der Waals surface area (Å²) in [6.07, 6.45) is 2.14. The van der Waals surface area contributed by atoms with Crippen LogP contribution in [0.4, 0.5) is 11.5 Å². The predicted octanol–water partition coefficient (Wildman–Crippen LogP) is 3.20. The fraction of sp³-hybridized carbons (Fsp3) is 0.150. The Bertz CT molecular complexity index is 868. The molecule has 0 fully saturated rings. The van der Waals surface area contributed by atoms with E-state index in [0.717, 1.165) is 17.9 Å². The summed E-state index contributed by atoms with van der Waals surface area (Å²) in [4.78, 5) is 20.5. The lowest BCUT2D eigenvalue weighted by molar-refractivity contribution is 0.0949. The first-order valence-corrected chi connectivity index (χ1v) is 8.30. The van der Waals surface area contributed by atoms with E-state index in [-0.39, 0.29) is 5.91 Å². The van der Waals surface area contributed by atoms with Gasteiger partial charge in [0, 0.05) is 24.4 Å². The normalized spacial score (nSPS) is 10.2. The third kappa shape index (κ3) is 4.80. The van der Waals surface area contributed by atoms with Crippen molar-refractivity contribution in [3.63, 3.8) is 0 Å². The van der Waals surface area contributed by atoms with Gasteiger partial charge < -0.3 is 15.4 Å². The molecule has 0 aliphatic carbocycles. The number of ether oxygens (including phenoxy) is 1. The van der Waals surface area contributed by atoms with Crippen molar-refractivity contribution in [1.29, 1.82) is 0 Å². The quantitative estimate of drug-likeness (QED) is 0.686. The molecule has 0 aliphatic heterocycles. The first-order chi connectivity index (χ1) is 12.7. The highest BCUT2D eigenvalue weighted by atomic mass is 16.5. The predicted molar refractivity (Wildman–Crippen MR) is 101 cm³/mol. The number of aromatic nitrogens is 2.